The van der Waals surface area contributed by atoms with Gasteiger partial charge in [-0.25, -0.2) is 0 Å². The number of hydrogen-bond donors (Lipinski definition) is 1. The normalized spacial score (nSPS) is 31.6. The minimum Gasteiger partial charge on any atom is -0.390 e. The Kier molecular flexibility index (Phi) is 5.04. The van der Waals surface area contributed by atoms with Crippen LogP contribution in [0.2, 0.25) is 0 Å². The van der Waals surface area contributed by atoms with Crippen LogP contribution in [0.15, 0.2) is 0 Å². The Morgan fingerprint density at radius 2 is 2.20 bits per heavy atom. The molecular weight excluding hydrogens is 258 g/mol. The highest BCUT2D eigenvalue weighted by Gasteiger charge is 2.40. The fraction of sp³-hybridized carbons (Fsp3) is 0.933. The topological polar surface area (TPSA) is 59.0 Å². The van der Waals surface area contributed by atoms with Crippen molar-refractivity contribution in [1.82, 2.24) is 4.90 Å². The number of amides is 1. The molecule has 2 fully saturated rings. The lowest BCUT2D eigenvalue weighted by Crippen LogP contribution is -2.54. The molecule has 116 valence electrons. The van der Waals surface area contributed by atoms with E-state index in [0.29, 0.717) is 25.7 Å². The van der Waals surface area contributed by atoms with Crippen molar-refractivity contribution >= 4 is 5.91 Å². The van der Waals surface area contributed by atoms with E-state index in [9.17, 15) is 9.90 Å². The van der Waals surface area contributed by atoms with Gasteiger partial charge in [0.15, 0.2) is 0 Å². The van der Waals surface area contributed by atoms with E-state index in [2.05, 4.69) is 0 Å². The summed E-state index contributed by atoms with van der Waals surface area (Å²) in [6, 6.07) is 0.0889. The number of hydrogen-bond acceptors (Lipinski definition) is 4. The molecule has 3 atom stereocenters. The molecule has 1 amide bonds. The summed E-state index contributed by atoms with van der Waals surface area (Å²) in [5.41, 5.74) is -0.962. The monoisotopic (exact) mass is 285 g/mol. The Morgan fingerprint density at radius 3 is 2.85 bits per heavy atom. The van der Waals surface area contributed by atoms with Gasteiger partial charge in [-0.3, -0.25) is 4.79 Å². The number of carbonyl (C=O) groups excluding carboxylic acids is 1. The SMILES string of the molecule is CO[C@@H]1CCC[C@H]1[C@H]1COCCN1C(=O)CC(C)(C)O. The number of aliphatic hydroxyl groups is 1. The van der Waals surface area contributed by atoms with Gasteiger partial charge in [-0.15, -0.1) is 0 Å². The van der Waals surface area contributed by atoms with Gasteiger partial charge in [0.1, 0.15) is 0 Å². The first-order valence-electron chi connectivity index (χ1n) is 7.55. The van der Waals surface area contributed by atoms with Crippen LogP contribution in [-0.2, 0) is 14.3 Å². The van der Waals surface area contributed by atoms with Crippen LogP contribution in [-0.4, -0.2) is 60.5 Å². The highest BCUT2D eigenvalue weighted by atomic mass is 16.5. The van der Waals surface area contributed by atoms with Gasteiger partial charge >= 0.3 is 0 Å². The third-order valence-corrected chi connectivity index (χ3v) is 4.37. The highest BCUT2D eigenvalue weighted by molar-refractivity contribution is 5.77. The van der Waals surface area contributed by atoms with E-state index in [1.807, 2.05) is 4.90 Å². The van der Waals surface area contributed by atoms with E-state index in [1.165, 1.54) is 0 Å². The van der Waals surface area contributed by atoms with Crippen molar-refractivity contribution in [3.8, 4) is 0 Å². The molecule has 5 nitrogen and oxygen atoms in total. The number of carbonyl (C=O) groups is 1. The lowest BCUT2D eigenvalue weighted by atomic mass is 9.93. The van der Waals surface area contributed by atoms with E-state index < -0.39 is 5.60 Å². The molecule has 2 aliphatic rings. The van der Waals surface area contributed by atoms with E-state index in [-0.39, 0.29) is 24.5 Å². The van der Waals surface area contributed by atoms with Crippen molar-refractivity contribution in [1.29, 1.82) is 0 Å². The lowest BCUT2D eigenvalue weighted by Gasteiger charge is -2.41. The standard InChI is InChI=1S/C15H27NO4/c1-15(2,18)9-14(17)16-7-8-20-10-12(16)11-5-4-6-13(11)19-3/h11-13,18H,4-10H2,1-3H3/t11-,12+,13+/m0/s1. The van der Waals surface area contributed by atoms with Gasteiger partial charge in [-0.1, -0.05) is 6.42 Å². The van der Waals surface area contributed by atoms with Gasteiger partial charge in [0.05, 0.1) is 37.4 Å². The highest BCUT2D eigenvalue weighted by Crippen LogP contribution is 2.34. The van der Waals surface area contributed by atoms with Crippen LogP contribution in [0.3, 0.4) is 0 Å². The van der Waals surface area contributed by atoms with Gasteiger partial charge in [0.2, 0.25) is 5.91 Å². The van der Waals surface area contributed by atoms with Crippen molar-refractivity contribution in [3.05, 3.63) is 0 Å². The van der Waals surface area contributed by atoms with Crippen LogP contribution in [0, 0.1) is 5.92 Å². The number of methoxy groups -OCH3 is 1. The van der Waals surface area contributed by atoms with Gasteiger partial charge < -0.3 is 19.5 Å². The number of nitrogens with zero attached hydrogens (tertiary/aromatic N) is 1. The molecule has 1 saturated heterocycles. The van der Waals surface area contributed by atoms with E-state index in [4.69, 9.17) is 9.47 Å². The molecule has 1 aliphatic heterocycles. The molecular formula is C15H27NO4. The van der Waals surface area contributed by atoms with E-state index in [0.717, 1.165) is 19.3 Å². The molecule has 20 heavy (non-hydrogen) atoms. The number of ether oxygens (including phenoxy) is 2. The maximum Gasteiger partial charge on any atom is 0.225 e. The molecule has 0 spiro atoms. The average molecular weight is 285 g/mol. The third-order valence-electron chi connectivity index (χ3n) is 4.37. The minimum absolute atomic E-state index is 0.0209. The summed E-state index contributed by atoms with van der Waals surface area (Å²) in [7, 11) is 1.75. The maximum atomic E-state index is 12.4. The molecule has 0 aromatic rings. The first kappa shape index (κ1) is 15.7. The predicted octanol–water partition coefficient (Wildman–Crippen LogP) is 1.19. The molecule has 5 heteroatoms. The van der Waals surface area contributed by atoms with Crippen molar-refractivity contribution in [2.75, 3.05) is 26.9 Å². The third kappa shape index (κ3) is 3.71. The Morgan fingerprint density at radius 1 is 1.45 bits per heavy atom. The van der Waals surface area contributed by atoms with Crippen LogP contribution in [0.4, 0.5) is 0 Å². The Labute approximate surface area is 121 Å². The molecule has 2 rings (SSSR count). The first-order valence-corrected chi connectivity index (χ1v) is 7.55. The molecule has 1 N–H and O–H groups in total. The Balaban J connectivity index is 2.07. The lowest BCUT2D eigenvalue weighted by molar-refractivity contribution is -0.148. The Bertz CT molecular complexity index is 339. The second kappa shape index (κ2) is 6.41. The quantitative estimate of drug-likeness (QED) is 0.843. The van der Waals surface area contributed by atoms with E-state index >= 15 is 0 Å². The van der Waals surface area contributed by atoms with Crippen molar-refractivity contribution in [2.45, 2.75) is 57.3 Å². The van der Waals surface area contributed by atoms with Gasteiger partial charge in [0.25, 0.3) is 0 Å². The van der Waals surface area contributed by atoms with Crippen molar-refractivity contribution in [2.24, 2.45) is 5.92 Å². The summed E-state index contributed by atoms with van der Waals surface area (Å²) in [5, 5.41) is 9.87. The zero-order valence-electron chi connectivity index (χ0n) is 12.8. The van der Waals surface area contributed by atoms with Crippen LogP contribution >= 0.6 is 0 Å². The first-order chi connectivity index (χ1) is 9.42. The molecule has 0 aromatic heterocycles. The Hall–Kier alpha value is -0.650. The van der Waals surface area contributed by atoms with Crippen molar-refractivity contribution in [3.63, 3.8) is 0 Å². The summed E-state index contributed by atoms with van der Waals surface area (Å²) in [4.78, 5) is 14.4. The maximum absolute atomic E-state index is 12.4. The summed E-state index contributed by atoms with van der Waals surface area (Å²) < 4.78 is 11.1. The number of rotatable bonds is 4. The molecule has 1 saturated carbocycles. The zero-order valence-corrected chi connectivity index (χ0v) is 12.8. The second-order valence-electron chi connectivity index (χ2n) is 6.59. The zero-order chi connectivity index (χ0) is 14.8. The largest absolute Gasteiger partial charge is 0.390 e. The van der Waals surface area contributed by atoms with Gasteiger partial charge in [0, 0.05) is 19.6 Å². The number of morpholine rings is 1. The minimum atomic E-state index is -0.962. The summed E-state index contributed by atoms with van der Waals surface area (Å²) >= 11 is 0. The van der Waals surface area contributed by atoms with Gasteiger partial charge in [-0.2, -0.15) is 0 Å². The second-order valence-corrected chi connectivity index (χ2v) is 6.59. The van der Waals surface area contributed by atoms with Crippen LogP contribution in [0.25, 0.3) is 0 Å². The fourth-order valence-electron chi connectivity index (χ4n) is 3.45. The van der Waals surface area contributed by atoms with Crippen LogP contribution < -0.4 is 0 Å². The van der Waals surface area contributed by atoms with Crippen LogP contribution in [0.1, 0.15) is 39.5 Å². The summed E-state index contributed by atoms with van der Waals surface area (Å²) in [6.07, 6.45) is 3.67. The molecule has 0 unspecified atom stereocenters. The average Bonchev–Trinajstić information content (AvgIpc) is 2.84. The fourth-order valence-corrected chi connectivity index (χ4v) is 3.45. The predicted molar refractivity (Wildman–Crippen MR) is 75.4 cm³/mol. The molecule has 1 heterocycles. The molecule has 1 aliphatic carbocycles. The van der Waals surface area contributed by atoms with Crippen molar-refractivity contribution < 1.29 is 19.4 Å². The summed E-state index contributed by atoms with van der Waals surface area (Å²) in [6.45, 7) is 5.13. The van der Waals surface area contributed by atoms with E-state index in [1.54, 1.807) is 21.0 Å². The molecule has 0 bridgehead atoms. The smallest absolute Gasteiger partial charge is 0.225 e. The molecule has 0 radical (unpaired) electrons. The summed E-state index contributed by atoms with van der Waals surface area (Å²) in [5.74, 6) is 0.374. The van der Waals surface area contributed by atoms with Crippen LogP contribution in [0.5, 0.6) is 0 Å². The molecule has 0 aromatic carbocycles. The van der Waals surface area contributed by atoms with Gasteiger partial charge in [-0.05, 0) is 26.7 Å².